The summed E-state index contributed by atoms with van der Waals surface area (Å²) in [5.41, 5.74) is 3.08. The number of hydrogen-bond acceptors (Lipinski definition) is 3. The van der Waals surface area contributed by atoms with E-state index in [1.54, 1.807) is 18.2 Å². The van der Waals surface area contributed by atoms with E-state index >= 15 is 0 Å². The predicted molar refractivity (Wildman–Crippen MR) is 75.7 cm³/mol. The van der Waals surface area contributed by atoms with Gasteiger partial charge in [0.1, 0.15) is 11.9 Å². The first kappa shape index (κ1) is 14.1. The summed E-state index contributed by atoms with van der Waals surface area (Å²) < 4.78 is 31.3. The van der Waals surface area contributed by atoms with Crippen molar-refractivity contribution in [3.05, 3.63) is 29.3 Å². The van der Waals surface area contributed by atoms with Gasteiger partial charge in [-0.25, -0.2) is 12.7 Å². The van der Waals surface area contributed by atoms with Crippen molar-refractivity contribution in [3.8, 4) is 5.75 Å². The van der Waals surface area contributed by atoms with Crippen LogP contribution >= 0.6 is 0 Å². The smallest absolute Gasteiger partial charge is 0.242 e. The molecule has 19 heavy (non-hydrogen) atoms. The minimum atomic E-state index is -3.41. The third-order valence-electron chi connectivity index (χ3n) is 3.64. The zero-order chi connectivity index (χ0) is 14.4. The van der Waals surface area contributed by atoms with Gasteiger partial charge in [-0.05, 0) is 50.1 Å². The number of sulfonamides is 1. The maximum Gasteiger partial charge on any atom is 0.242 e. The summed E-state index contributed by atoms with van der Waals surface area (Å²) in [5.74, 6) is 0.744. The van der Waals surface area contributed by atoms with Crippen molar-refractivity contribution in [1.82, 2.24) is 4.31 Å². The van der Waals surface area contributed by atoms with Gasteiger partial charge in [0.15, 0.2) is 0 Å². The average Bonchev–Trinajstić information content (AvgIpc) is 2.35. The molecule has 1 aromatic carbocycles. The molecule has 4 nitrogen and oxygen atoms in total. The minimum Gasteiger partial charge on any atom is -0.486 e. The molecular formula is C14H19NO3S. The van der Waals surface area contributed by atoms with E-state index in [4.69, 9.17) is 4.74 Å². The van der Waals surface area contributed by atoms with Gasteiger partial charge in [-0.3, -0.25) is 0 Å². The maximum atomic E-state index is 12.1. The topological polar surface area (TPSA) is 46.6 Å². The molecule has 0 bridgehead atoms. The molecule has 0 radical (unpaired) electrons. The lowest BCUT2D eigenvalue weighted by atomic mass is 9.96. The lowest BCUT2D eigenvalue weighted by Gasteiger charge is -2.26. The highest BCUT2D eigenvalue weighted by atomic mass is 32.2. The predicted octanol–water partition coefficient (Wildman–Crippen LogP) is 2.51. The lowest BCUT2D eigenvalue weighted by molar-refractivity contribution is 0.252. The molecule has 1 aliphatic rings. The van der Waals surface area contributed by atoms with Crippen LogP contribution in [0.3, 0.4) is 0 Å². The Balaban J connectivity index is 2.60. The quantitative estimate of drug-likeness (QED) is 0.837. The third-order valence-corrected chi connectivity index (χ3v) is 5.45. The van der Waals surface area contributed by atoms with Gasteiger partial charge in [-0.1, -0.05) is 0 Å². The molecule has 0 fully saturated rings. The Labute approximate surface area is 114 Å². The molecule has 0 aromatic heterocycles. The zero-order valence-electron chi connectivity index (χ0n) is 11.9. The average molecular weight is 281 g/mol. The molecule has 2 rings (SSSR count). The Bertz CT molecular complexity index is 645. The van der Waals surface area contributed by atoms with Crippen molar-refractivity contribution in [1.29, 1.82) is 0 Å². The van der Waals surface area contributed by atoms with Crippen molar-refractivity contribution in [2.45, 2.75) is 31.8 Å². The van der Waals surface area contributed by atoms with Crippen LogP contribution in [0.2, 0.25) is 0 Å². The number of benzene rings is 1. The molecule has 0 amide bonds. The minimum absolute atomic E-state index is 0.0313. The van der Waals surface area contributed by atoms with Crippen LogP contribution in [0.25, 0.3) is 5.57 Å². The Morgan fingerprint density at radius 2 is 1.84 bits per heavy atom. The molecule has 1 heterocycles. The number of nitrogens with zero attached hydrogens (tertiary/aromatic N) is 1. The van der Waals surface area contributed by atoms with Crippen LogP contribution in [0.5, 0.6) is 5.75 Å². The maximum absolute atomic E-state index is 12.1. The first-order valence-corrected chi connectivity index (χ1v) is 7.60. The monoisotopic (exact) mass is 281 g/mol. The summed E-state index contributed by atoms with van der Waals surface area (Å²) in [6, 6.07) is 5.02. The van der Waals surface area contributed by atoms with E-state index in [9.17, 15) is 8.42 Å². The van der Waals surface area contributed by atoms with Crippen LogP contribution in [-0.2, 0) is 10.0 Å². The Hall–Kier alpha value is -1.33. The number of hydrogen-bond donors (Lipinski definition) is 0. The number of rotatable bonds is 2. The summed E-state index contributed by atoms with van der Waals surface area (Å²) >= 11 is 0. The highest BCUT2D eigenvalue weighted by molar-refractivity contribution is 7.89. The fourth-order valence-electron chi connectivity index (χ4n) is 2.07. The van der Waals surface area contributed by atoms with Gasteiger partial charge in [0.25, 0.3) is 0 Å². The summed E-state index contributed by atoms with van der Waals surface area (Å²) in [5, 5.41) is 0. The van der Waals surface area contributed by atoms with Crippen molar-refractivity contribution in [2.24, 2.45) is 0 Å². The summed E-state index contributed by atoms with van der Waals surface area (Å²) in [4.78, 5) is 0.293. The molecule has 0 N–H and O–H groups in total. The van der Waals surface area contributed by atoms with E-state index in [2.05, 4.69) is 0 Å². The molecule has 0 aliphatic carbocycles. The van der Waals surface area contributed by atoms with Crippen LogP contribution in [-0.4, -0.2) is 32.9 Å². The van der Waals surface area contributed by atoms with Gasteiger partial charge >= 0.3 is 0 Å². The third kappa shape index (κ3) is 2.28. The van der Waals surface area contributed by atoms with Gasteiger partial charge in [-0.15, -0.1) is 0 Å². The highest BCUT2D eigenvalue weighted by Gasteiger charge is 2.24. The van der Waals surface area contributed by atoms with Crippen LogP contribution in [0.4, 0.5) is 0 Å². The van der Waals surface area contributed by atoms with Crippen molar-refractivity contribution < 1.29 is 13.2 Å². The van der Waals surface area contributed by atoms with E-state index in [0.717, 1.165) is 22.5 Å². The Morgan fingerprint density at radius 3 is 2.42 bits per heavy atom. The van der Waals surface area contributed by atoms with Crippen LogP contribution in [0.1, 0.15) is 26.3 Å². The molecule has 0 saturated carbocycles. The standard InChI is InChI=1S/C14H19NO3S/c1-9-10(2)13-8-12(19(16,17)15(4)5)6-7-14(13)18-11(9)3/h6-8,11H,1-5H3. The van der Waals surface area contributed by atoms with Crippen LogP contribution in [0.15, 0.2) is 28.7 Å². The van der Waals surface area contributed by atoms with Gasteiger partial charge in [0.2, 0.25) is 10.0 Å². The second-order valence-electron chi connectivity index (χ2n) is 5.01. The van der Waals surface area contributed by atoms with Crippen molar-refractivity contribution >= 4 is 15.6 Å². The molecule has 5 heteroatoms. The van der Waals surface area contributed by atoms with Crippen LogP contribution in [0, 0.1) is 0 Å². The van der Waals surface area contributed by atoms with Gasteiger partial charge in [0, 0.05) is 19.7 Å². The first-order valence-electron chi connectivity index (χ1n) is 6.16. The summed E-state index contributed by atoms with van der Waals surface area (Å²) in [7, 11) is -0.351. The van der Waals surface area contributed by atoms with Crippen molar-refractivity contribution in [3.63, 3.8) is 0 Å². The molecule has 0 spiro atoms. The number of ether oxygens (including phenoxy) is 1. The molecule has 1 aromatic rings. The van der Waals surface area contributed by atoms with E-state index in [1.807, 2.05) is 20.8 Å². The fourth-order valence-corrected chi connectivity index (χ4v) is 3.00. The number of allylic oxidation sites excluding steroid dienone is 1. The van der Waals surface area contributed by atoms with Crippen molar-refractivity contribution in [2.75, 3.05) is 14.1 Å². The summed E-state index contributed by atoms with van der Waals surface area (Å²) in [6.07, 6.45) is 0.0313. The largest absolute Gasteiger partial charge is 0.486 e. The first-order chi connectivity index (χ1) is 8.75. The highest BCUT2D eigenvalue weighted by Crippen LogP contribution is 2.37. The van der Waals surface area contributed by atoms with Gasteiger partial charge < -0.3 is 4.74 Å². The summed E-state index contributed by atoms with van der Waals surface area (Å²) in [6.45, 7) is 6.00. The molecule has 1 aliphatic heterocycles. The molecule has 0 saturated heterocycles. The number of fused-ring (bicyclic) bond motifs is 1. The zero-order valence-corrected chi connectivity index (χ0v) is 12.7. The van der Waals surface area contributed by atoms with Gasteiger partial charge in [-0.2, -0.15) is 0 Å². The molecular weight excluding hydrogens is 262 g/mol. The molecule has 1 unspecified atom stereocenters. The normalized spacial score (nSPS) is 19.4. The molecule has 104 valence electrons. The molecule has 1 atom stereocenters. The Morgan fingerprint density at radius 1 is 1.21 bits per heavy atom. The Kier molecular flexibility index (Phi) is 3.45. The fraction of sp³-hybridized carbons (Fsp3) is 0.429. The van der Waals surface area contributed by atoms with Crippen LogP contribution < -0.4 is 4.74 Å². The van der Waals surface area contributed by atoms with Gasteiger partial charge in [0.05, 0.1) is 4.90 Å². The second-order valence-corrected chi connectivity index (χ2v) is 7.17. The second kappa shape index (κ2) is 4.65. The lowest BCUT2D eigenvalue weighted by Crippen LogP contribution is -2.23. The van der Waals surface area contributed by atoms with E-state index in [1.165, 1.54) is 18.4 Å². The van der Waals surface area contributed by atoms with E-state index in [0.29, 0.717) is 4.90 Å². The van der Waals surface area contributed by atoms with E-state index in [-0.39, 0.29) is 6.10 Å². The van der Waals surface area contributed by atoms with E-state index < -0.39 is 10.0 Å². The SMILES string of the molecule is CC1=C(C)C(C)Oc2ccc(S(=O)(=O)N(C)C)cc21.